The maximum Gasteiger partial charge on any atom is 0.222 e. The predicted molar refractivity (Wildman–Crippen MR) is 110 cm³/mol. The van der Waals surface area contributed by atoms with Crippen molar-refractivity contribution in [1.82, 2.24) is 15.2 Å². The fourth-order valence-corrected chi connectivity index (χ4v) is 3.68. The van der Waals surface area contributed by atoms with Gasteiger partial charge in [-0.25, -0.2) is 9.37 Å². The molecule has 2 heterocycles. The van der Waals surface area contributed by atoms with Gasteiger partial charge in [-0.1, -0.05) is 31.2 Å². The Hall–Kier alpha value is -3.03. The molecule has 1 saturated heterocycles. The molecule has 2 aromatic carbocycles. The lowest BCUT2D eigenvalue weighted by Gasteiger charge is -2.40. The molecular weight excluding hydrogens is 371 g/mol. The second kappa shape index (κ2) is 7.77. The highest BCUT2D eigenvalue weighted by molar-refractivity contribution is 5.96. The second-order valence-corrected chi connectivity index (χ2v) is 7.29. The number of nitrogen functional groups attached to an aromatic ring is 1. The molecule has 0 radical (unpaired) electrons. The Balaban J connectivity index is 1.59. The van der Waals surface area contributed by atoms with Crippen LogP contribution in [0.15, 0.2) is 48.7 Å². The Bertz CT molecular complexity index is 1070. The van der Waals surface area contributed by atoms with Crippen molar-refractivity contribution in [3.63, 3.8) is 0 Å². The number of fused-ring (bicyclic) bond motifs is 1. The van der Waals surface area contributed by atoms with Crippen LogP contribution in [0.25, 0.3) is 21.9 Å². The highest BCUT2D eigenvalue weighted by atomic mass is 19.1. The van der Waals surface area contributed by atoms with Crippen molar-refractivity contribution in [2.24, 2.45) is 0 Å². The zero-order chi connectivity index (χ0) is 20.5. The molecule has 1 unspecified atom stereocenters. The minimum absolute atomic E-state index is 0.0275. The van der Waals surface area contributed by atoms with Crippen molar-refractivity contribution >= 4 is 22.5 Å². The lowest BCUT2D eigenvalue weighted by molar-refractivity contribution is -0.136. The number of benzene rings is 2. The van der Waals surface area contributed by atoms with Gasteiger partial charge in [-0.3, -0.25) is 10.1 Å². The summed E-state index contributed by atoms with van der Waals surface area (Å²) in [6.45, 7) is 2.99. The summed E-state index contributed by atoms with van der Waals surface area (Å²) in [6, 6.07) is 12.0. The van der Waals surface area contributed by atoms with Gasteiger partial charge in [0.05, 0.1) is 0 Å². The van der Waals surface area contributed by atoms with Crippen molar-refractivity contribution in [2.75, 3.05) is 18.8 Å². The molecule has 1 aliphatic heterocycles. The van der Waals surface area contributed by atoms with E-state index in [2.05, 4.69) is 10.3 Å². The number of aliphatic hydroxyl groups is 1. The van der Waals surface area contributed by atoms with Gasteiger partial charge in [0.15, 0.2) is 0 Å². The van der Waals surface area contributed by atoms with E-state index in [0.717, 1.165) is 16.5 Å². The largest absolute Gasteiger partial charge is 0.383 e. The number of nitrogens with one attached hydrogen (secondary N) is 1. The number of halogens is 1. The number of rotatable bonds is 5. The van der Waals surface area contributed by atoms with Gasteiger partial charge in [0.1, 0.15) is 17.9 Å². The number of aliphatic hydroxyl groups excluding tert-OH is 1. The van der Waals surface area contributed by atoms with Gasteiger partial charge >= 0.3 is 0 Å². The normalized spacial score (nSPS) is 15.3. The third-order valence-corrected chi connectivity index (χ3v) is 5.33. The number of nitrogens with zero attached hydrogens (tertiary/aromatic N) is 2. The van der Waals surface area contributed by atoms with Crippen LogP contribution in [0.1, 0.15) is 25.1 Å². The molecule has 3 aromatic rings. The molecule has 1 amide bonds. The van der Waals surface area contributed by atoms with Gasteiger partial charge in [-0.2, -0.15) is 0 Å². The number of carbonyl (C=O) groups excluding carboxylic acids is 1. The topological polar surface area (TPSA) is 91.5 Å². The van der Waals surface area contributed by atoms with Crippen LogP contribution in [0, 0.1) is 5.82 Å². The van der Waals surface area contributed by atoms with Crippen LogP contribution in [0.5, 0.6) is 0 Å². The van der Waals surface area contributed by atoms with E-state index in [4.69, 9.17) is 5.73 Å². The van der Waals surface area contributed by atoms with Gasteiger partial charge in [-0.15, -0.1) is 0 Å². The Morgan fingerprint density at radius 3 is 2.76 bits per heavy atom. The summed E-state index contributed by atoms with van der Waals surface area (Å²) in [4.78, 5) is 17.7. The zero-order valence-electron chi connectivity index (χ0n) is 16.1. The lowest BCUT2D eigenvalue weighted by Crippen LogP contribution is -2.60. The molecule has 0 saturated carbocycles. The van der Waals surface area contributed by atoms with Crippen LogP contribution in [0.3, 0.4) is 0 Å². The molecule has 1 atom stereocenters. The Morgan fingerprint density at radius 1 is 1.28 bits per heavy atom. The summed E-state index contributed by atoms with van der Waals surface area (Å²) in [5, 5.41) is 15.3. The summed E-state index contributed by atoms with van der Waals surface area (Å²) in [5.41, 5.74) is 8.25. The van der Waals surface area contributed by atoms with Crippen molar-refractivity contribution in [2.45, 2.75) is 25.6 Å². The molecule has 0 aliphatic carbocycles. The number of anilines is 1. The average molecular weight is 394 g/mol. The zero-order valence-corrected chi connectivity index (χ0v) is 16.1. The Kier molecular flexibility index (Phi) is 5.17. The number of aromatic nitrogens is 1. The quantitative estimate of drug-likeness (QED) is 0.579. The fourth-order valence-electron chi connectivity index (χ4n) is 3.68. The number of pyridine rings is 1. The molecule has 0 bridgehead atoms. The highest BCUT2D eigenvalue weighted by Crippen LogP contribution is 2.31. The van der Waals surface area contributed by atoms with Crippen LogP contribution in [-0.4, -0.2) is 40.0 Å². The SMILES string of the molecule is CCC(=O)N1CC(NC(O)c2cnc(N)c3cc(-c4cccc(F)c4)ccc23)C1. The number of nitrogens with two attached hydrogens (primary N) is 1. The Morgan fingerprint density at radius 2 is 2.03 bits per heavy atom. The Labute approximate surface area is 168 Å². The van der Waals surface area contributed by atoms with E-state index in [9.17, 15) is 14.3 Å². The fraction of sp³-hybridized carbons (Fsp3) is 0.273. The van der Waals surface area contributed by atoms with Crippen LogP contribution >= 0.6 is 0 Å². The van der Waals surface area contributed by atoms with E-state index in [1.807, 2.05) is 31.2 Å². The molecule has 150 valence electrons. The first-order valence-electron chi connectivity index (χ1n) is 9.62. The van der Waals surface area contributed by atoms with Crippen molar-refractivity contribution in [1.29, 1.82) is 0 Å². The first-order valence-corrected chi connectivity index (χ1v) is 9.62. The molecule has 0 spiro atoms. The number of hydrogen-bond donors (Lipinski definition) is 3. The number of hydrogen-bond acceptors (Lipinski definition) is 5. The highest BCUT2D eigenvalue weighted by Gasteiger charge is 2.31. The molecule has 1 aromatic heterocycles. The minimum atomic E-state index is -0.936. The maximum atomic E-state index is 13.6. The van der Waals surface area contributed by atoms with Crippen LogP contribution < -0.4 is 11.1 Å². The summed E-state index contributed by atoms with van der Waals surface area (Å²) in [6.07, 6.45) is 1.11. The van der Waals surface area contributed by atoms with Crippen molar-refractivity contribution in [3.8, 4) is 11.1 Å². The monoisotopic (exact) mass is 394 g/mol. The van der Waals surface area contributed by atoms with E-state index in [-0.39, 0.29) is 17.8 Å². The second-order valence-electron chi connectivity index (χ2n) is 7.29. The number of carbonyl (C=O) groups is 1. The summed E-state index contributed by atoms with van der Waals surface area (Å²) >= 11 is 0. The standard InChI is InChI=1S/C22H23FN4O2/c1-2-20(28)27-11-16(12-27)26-22(29)19-10-25-21(24)18-9-14(6-7-17(18)19)13-4-3-5-15(23)8-13/h3-10,16,22,26,29H,2,11-12H2,1H3,(H2,24,25). The first-order chi connectivity index (χ1) is 14.0. The summed E-state index contributed by atoms with van der Waals surface area (Å²) < 4.78 is 13.6. The van der Waals surface area contributed by atoms with Gasteiger partial charge in [0.2, 0.25) is 5.91 Å². The molecule has 4 N–H and O–H groups in total. The van der Waals surface area contributed by atoms with Crippen molar-refractivity contribution < 1.29 is 14.3 Å². The number of amides is 1. The van der Waals surface area contributed by atoms with Gasteiger partial charge in [0, 0.05) is 42.7 Å². The molecule has 29 heavy (non-hydrogen) atoms. The van der Waals surface area contributed by atoms with E-state index in [1.165, 1.54) is 12.1 Å². The predicted octanol–water partition coefficient (Wildman–Crippen LogP) is 2.82. The summed E-state index contributed by atoms with van der Waals surface area (Å²) in [7, 11) is 0. The molecule has 4 rings (SSSR count). The van der Waals surface area contributed by atoms with Crippen LogP contribution in [-0.2, 0) is 4.79 Å². The van der Waals surface area contributed by atoms with E-state index < -0.39 is 6.23 Å². The third kappa shape index (κ3) is 3.79. The maximum absolute atomic E-state index is 13.6. The lowest BCUT2D eigenvalue weighted by atomic mass is 9.98. The van der Waals surface area contributed by atoms with Gasteiger partial charge < -0.3 is 15.7 Å². The van der Waals surface area contributed by atoms with Gasteiger partial charge in [0.25, 0.3) is 0 Å². The molecule has 6 nitrogen and oxygen atoms in total. The minimum Gasteiger partial charge on any atom is -0.383 e. The first kappa shape index (κ1) is 19.3. The van der Waals surface area contributed by atoms with Crippen molar-refractivity contribution in [3.05, 3.63) is 60.0 Å². The number of likely N-dealkylation sites (tertiary alicyclic amines) is 1. The molecular formula is C22H23FN4O2. The van der Waals surface area contributed by atoms with Crippen LogP contribution in [0.4, 0.5) is 10.2 Å². The van der Waals surface area contributed by atoms with E-state index in [1.54, 1.807) is 17.2 Å². The smallest absolute Gasteiger partial charge is 0.222 e. The summed E-state index contributed by atoms with van der Waals surface area (Å²) in [5.74, 6) is 0.151. The average Bonchev–Trinajstić information content (AvgIpc) is 2.70. The van der Waals surface area contributed by atoms with E-state index in [0.29, 0.717) is 36.3 Å². The van der Waals surface area contributed by atoms with E-state index >= 15 is 0 Å². The van der Waals surface area contributed by atoms with Crippen LogP contribution in [0.2, 0.25) is 0 Å². The third-order valence-electron chi connectivity index (χ3n) is 5.33. The molecule has 1 fully saturated rings. The molecule has 1 aliphatic rings. The van der Waals surface area contributed by atoms with Gasteiger partial charge in [-0.05, 0) is 34.7 Å². The molecule has 7 heteroatoms.